The number of thiazole rings is 1. The first kappa shape index (κ1) is 19.6. The number of amides is 1. The molecule has 0 spiro atoms. The van der Waals surface area contributed by atoms with Crippen LogP contribution >= 0.6 is 23.7 Å². The number of rotatable bonds is 7. The lowest BCUT2D eigenvalue weighted by Gasteiger charge is -2.11. The fourth-order valence-corrected chi connectivity index (χ4v) is 2.86. The molecule has 1 aromatic heterocycles. The number of aryl methyl sites for hydroxylation is 1. The van der Waals surface area contributed by atoms with E-state index in [4.69, 9.17) is 5.73 Å². The molecule has 0 aliphatic rings. The Morgan fingerprint density at radius 1 is 1.35 bits per heavy atom. The molecule has 1 unspecified atom stereocenters. The van der Waals surface area contributed by atoms with Crippen LogP contribution in [0.25, 0.3) is 11.3 Å². The quantitative estimate of drug-likeness (QED) is 0.802. The molecule has 0 aliphatic carbocycles. The van der Waals surface area contributed by atoms with Gasteiger partial charge in [0.15, 0.2) is 0 Å². The smallest absolute Gasteiger partial charge is 0.236 e. The second-order valence-electron chi connectivity index (χ2n) is 5.38. The number of carbonyl (C=O) groups is 1. The van der Waals surface area contributed by atoms with E-state index in [-0.39, 0.29) is 24.4 Å². The molecule has 1 atom stereocenters. The van der Waals surface area contributed by atoms with Gasteiger partial charge in [-0.1, -0.05) is 37.6 Å². The Bertz CT molecular complexity index is 613. The van der Waals surface area contributed by atoms with E-state index in [1.807, 2.05) is 13.8 Å². The van der Waals surface area contributed by atoms with Crippen molar-refractivity contribution in [3.63, 3.8) is 0 Å². The van der Waals surface area contributed by atoms with Gasteiger partial charge in [0.05, 0.1) is 16.7 Å². The van der Waals surface area contributed by atoms with E-state index in [1.165, 1.54) is 5.56 Å². The van der Waals surface area contributed by atoms with Crippen molar-refractivity contribution in [2.45, 2.75) is 39.2 Å². The molecule has 6 heteroatoms. The minimum absolute atomic E-state index is 0. The summed E-state index contributed by atoms with van der Waals surface area (Å²) < 4.78 is 0. The van der Waals surface area contributed by atoms with Crippen LogP contribution in [-0.2, 0) is 11.2 Å². The summed E-state index contributed by atoms with van der Waals surface area (Å²) in [5, 5.41) is 6.03. The second-order valence-corrected chi connectivity index (χ2v) is 6.45. The highest BCUT2D eigenvalue weighted by Crippen LogP contribution is 2.21. The van der Waals surface area contributed by atoms with Crippen LogP contribution in [0.5, 0.6) is 0 Å². The second kappa shape index (κ2) is 9.65. The Kier molecular flexibility index (Phi) is 8.23. The largest absolute Gasteiger partial charge is 0.354 e. The lowest BCUT2D eigenvalue weighted by atomic mass is 10.1. The van der Waals surface area contributed by atoms with Crippen LogP contribution < -0.4 is 11.1 Å². The van der Waals surface area contributed by atoms with E-state index in [0.29, 0.717) is 6.54 Å². The first-order valence-corrected chi connectivity index (χ1v) is 8.53. The van der Waals surface area contributed by atoms with Crippen molar-refractivity contribution < 1.29 is 4.79 Å². The summed E-state index contributed by atoms with van der Waals surface area (Å²) in [6.07, 6.45) is 2.46. The van der Waals surface area contributed by atoms with Crippen molar-refractivity contribution in [2.24, 2.45) is 5.73 Å². The Balaban J connectivity index is 0.00000264. The van der Waals surface area contributed by atoms with Crippen molar-refractivity contribution in [3.05, 3.63) is 40.2 Å². The van der Waals surface area contributed by atoms with Gasteiger partial charge in [0.1, 0.15) is 0 Å². The predicted octanol–water partition coefficient (Wildman–Crippen LogP) is 3.33. The van der Waals surface area contributed by atoms with E-state index in [9.17, 15) is 4.79 Å². The van der Waals surface area contributed by atoms with Gasteiger partial charge >= 0.3 is 0 Å². The summed E-state index contributed by atoms with van der Waals surface area (Å²) >= 11 is 1.66. The SMILES string of the molecule is CCCC(N)C(=O)NCCc1ccc(-c2csc(C)n2)cc1.Cl. The lowest BCUT2D eigenvalue weighted by molar-refractivity contribution is -0.122. The highest BCUT2D eigenvalue weighted by Gasteiger charge is 2.11. The number of benzene rings is 1. The molecule has 0 radical (unpaired) electrons. The molecule has 1 aromatic carbocycles. The number of hydrogen-bond donors (Lipinski definition) is 2. The molecule has 1 amide bonds. The van der Waals surface area contributed by atoms with Crippen LogP contribution in [0.4, 0.5) is 0 Å². The topological polar surface area (TPSA) is 68.0 Å². The summed E-state index contributed by atoms with van der Waals surface area (Å²) in [4.78, 5) is 16.2. The van der Waals surface area contributed by atoms with E-state index in [1.54, 1.807) is 11.3 Å². The maximum Gasteiger partial charge on any atom is 0.236 e. The van der Waals surface area contributed by atoms with Crippen molar-refractivity contribution >= 4 is 29.7 Å². The molecule has 23 heavy (non-hydrogen) atoms. The third-order valence-corrected chi connectivity index (χ3v) is 4.29. The number of halogens is 1. The first-order chi connectivity index (χ1) is 10.6. The Hall–Kier alpha value is -1.43. The van der Waals surface area contributed by atoms with Gasteiger partial charge in [0.25, 0.3) is 0 Å². The normalized spacial score (nSPS) is 11.6. The minimum Gasteiger partial charge on any atom is -0.354 e. The maximum atomic E-state index is 11.7. The molecule has 2 rings (SSSR count). The lowest BCUT2D eigenvalue weighted by Crippen LogP contribution is -2.41. The number of hydrogen-bond acceptors (Lipinski definition) is 4. The van der Waals surface area contributed by atoms with Crippen LogP contribution in [0, 0.1) is 6.92 Å². The average Bonchev–Trinajstić information content (AvgIpc) is 2.94. The van der Waals surface area contributed by atoms with Crippen molar-refractivity contribution in [2.75, 3.05) is 6.54 Å². The Morgan fingerprint density at radius 2 is 2.04 bits per heavy atom. The number of nitrogens with zero attached hydrogens (tertiary/aromatic N) is 1. The summed E-state index contributed by atoms with van der Waals surface area (Å²) in [5.74, 6) is -0.0589. The molecule has 126 valence electrons. The molecule has 0 saturated heterocycles. The molecule has 4 nitrogen and oxygen atoms in total. The van der Waals surface area contributed by atoms with E-state index in [2.05, 4.69) is 39.9 Å². The molecule has 2 aromatic rings. The van der Waals surface area contributed by atoms with E-state index < -0.39 is 0 Å². The van der Waals surface area contributed by atoms with Gasteiger partial charge < -0.3 is 11.1 Å². The molecular formula is C17H24ClN3OS. The van der Waals surface area contributed by atoms with Gasteiger partial charge in [0.2, 0.25) is 5.91 Å². The molecule has 0 fully saturated rings. The molecule has 0 saturated carbocycles. The number of aromatic nitrogens is 1. The molecule has 1 heterocycles. The van der Waals surface area contributed by atoms with Gasteiger partial charge in [-0.3, -0.25) is 4.79 Å². The zero-order chi connectivity index (χ0) is 15.9. The standard InChI is InChI=1S/C17H23N3OS.ClH/c1-3-4-15(18)17(21)19-10-9-13-5-7-14(8-6-13)16-11-22-12(2)20-16;/h5-8,11,15H,3-4,9-10,18H2,1-2H3,(H,19,21);1H. The fraction of sp³-hybridized carbons (Fsp3) is 0.412. The molecule has 0 bridgehead atoms. The van der Waals surface area contributed by atoms with Gasteiger partial charge in [0, 0.05) is 17.5 Å². The number of carbonyl (C=O) groups excluding carboxylic acids is 1. The van der Waals surface area contributed by atoms with Crippen molar-refractivity contribution in [1.82, 2.24) is 10.3 Å². The zero-order valence-corrected chi connectivity index (χ0v) is 15.2. The first-order valence-electron chi connectivity index (χ1n) is 7.65. The van der Waals surface area contributed by atoms with Crippen LogP contribution in [0.15, 0.2) is 29.6 Å². The van der Waals surface area contributed by atoms with Crippen LogP contribution in [0.2, 0.25) is 0 Å². The van der Waals surface area contributed by atoms with Gasteiger partial charge in [-0.05, 0) is 25.3 Å². The van der Waals surface area contributed by atoms with Gasteiger partial charge in [-0.2, -0.15) is 0 Å². The van der Waals surface area contributed by atoms with E-state index >= 15 is 0 Å². The van der Waals surface area contributed by atoms with Crippen LogP contribution in [-0.4, -0.2) is 23.5 Å². The van der Waals surface area contributed by atoms with Gasteiger partial charge in [-0.15, -0.1) is 23.7 Å². The summed E-state index contributed by atoms with van der Waals surface area (Å²) in [6, 6.07) is 7.94. The molecule has 0 aliphatic heterocycles. The fourth-order valence-electron chi connectivity index (χ4n) is 2.24. The zero-order valence-electron chi connectivity index (χ0n) is 13.5. The van der Waals surface area contributed by atoms with Crippen molar-refractivity contribution in [1.29, 1.82) is 0 Å². The predicted molar refractivity (Wildman–Crippen MR) is 99.1 cm³/mol. The summed E-state index contributed by atoms with van der Waals surface area (Å²) in [6.45, 7) is 4.65. The monoisotopic (exact) mass is 353 g/mol. The van der Waals surface area contributed by atoms with Crippen LogP contribution in [0.1, 0.15) is 30.3 Å². The number of nitrogens with two attached hydrogens (primary N) is 1. The van der Waals surface area contributed by atoms with E-state index in [0.717, 1.165) is 35.5 Å². The van der Waals surface area contributed by atoms with Crippen molar-refractivity contribution in [3.8, 4) is 11.3 Å². The van der Waals surface area contributed by atoms with Crippen LogP contribution in [0.3, 0.4) is 0 Å². The average molecular weight is 354 g/mol. The van der Waals surface area contributed by atoms with Gasteiger partial charge in [-0.25, -0.2) is 4.98 Å². The third kappa shape index (κ3) is 5.94. The Labute approximate surface area is 147 Å². The number of nitrogens with one attached hydrogen (secondary N) is 1. The minimum atomic E-state index is -0.389. The third-order valence-electron chi connectivity index (χ3n) is 3.52. The highest BCUT2D eigenvalue weighted by molar-refractivity contribution is 7.09. The molecule has 3 N–H and O–H groups in total. The highest BCUT2D eigenvalue weighted by atomic mass is 35.5. The molecular weight excluding hydrogens is 330 g/mol. The summed E-state index contributed by atoms with van der Waals surface area (Å²) in [5.41, 5.74) is 9.12. The maximum absolute atomic E-state index is 11.7. The Morgan fingerprint density at radius 3 is 2.61 bits per heavy atom. The summed E-state index contributed by atoms with van der Waals surface area (Å²) in [7, 11) is 0.